The Hall–Kier alpha value is -1.81. The summed E-state index contributed by atoms with van der Waals surface area (Å²) in [5.74, 6) is -4.39. The number of hydrogen-bond donors (Lipinski definition) is 2. The summed E-state index contributed by atoms with van der Waals surface area (Å²) in [6.45, 7) is 5.34. The lowest BCUT2D eigenvalue weighted by atomic mass is 9.78. The van der Waals surface area contributed by atoms with Crippen LogP contribution in [0.15, 0.2) is 42.5 Å². The monoisotopic (exact) mass is 506 g/mol. The van der Waals surface area contributed by atoms with Gasteiger partial charge in [0.2, 0.25) is 5.79 Å². The van der Waals surface area contributed by atoms with Crippen LogP contribution in [0.5, 0.6) is 0 Å². The van der Waals surface area contributed by atoms with E-state index in [2.05, 4.69) is 0 Å². The van der Waals surface area contributed by atoms with E-state index >= 15 is 0 Å². The third kappa shape index (κ3) is 6.01. The van der Waals surface area contributed by atoms with Gasteiger partial charge in [0, 0.05) is 33.2 Å². The number of carbonyl (C=O) groups excluding carboxylic acids is 1. The van der Waals surface area contributed by atoms with E-state index in [4.69, 9.17) is 23.7 Å². The first-order chi connectivity index (χ1) is 17.2. The fourth-order valence-electron chi connectivity index (χ4n) is 5.39. The highest BCUT2D eigenvalue weighted by Gasteiger charge is 2.58. The molecule has 3 rings (SSSR count). The molecule has 2 aliphatic heterocycles. The van der Waals surface area contributed by atoms with Crippen LogP contribution in [0, 0.1) is 17.8 Å². The van der Waals surface area contributed by atoms with Gasteiger partial charge in [-0.05, 0) is 31.7 Å². The highest BCUT2D eigenvalue weighted by Crippen LogP contribution is 2.42. The number of aliphatic hydroxyl groups is 2. The molecule has 0 aliphatic carbocycles. The van der Waals surface area contributed by atoms with Crippen LogP contribution in [-0.2, 0) is 28.5 Å². The molecular weight excluding hydrogens is 464 g/mol. The third-order valence-electron chi connectivity index (χ3n) is 7.78. The Balaban J connectivity index is 2.03. The number of cyclic esters (lactones) is 1. The second-order valence-corrected chi connectivity index (χ2v) is 10.0. The number of rotatable bonds is 4. The Bertz CT molecular complexity index is 860. The van der Waals surface area contributed by atoms with Crippen molar-refractivity contribution in [2.75, 3.05) is 21.3 Å². The summed E-state index contributed by atoms with van der Waals surface area (Å²) in [6.07, 6.45) is 2.11. The summed E-state index contributed by atoms with van der Waals surface area (Å²) in [6, 6.07) is 9.53. The minimum atomic E-state index is -2.08. The highest BCUT2D eigenvalue weighted by molar-refractivity contribution is 5.73. The molecule has 1 fully saturated rings. The highest BCUT2D eigenvalue weighted by atomic mass is 16.7. The van der Waals surface area contributed by atoms with Crippen molar-refractivity contribution in [1.29, 1.82) is 0 Å². The maximum absolute atomic E-state index is 13.4. The summed E-state index contributed by atoms with van der Waals surface area (Å²) < 4.78 is 29.2. The zero-order chi connectivity index (χ0) is 26.5. The van der Waals surface area contributed by atoms with Gasteiger partial charge in [-0.15, -0.1) is 0 Å². The lowest BCUT2D eigenvalue weighted by Gasteiger charge is -2.51. The normalized spacial score (nSPS) is 41.6. The minimum absolute atomic E-state index is 0.195. The average Bonchev–Trinajstić information content (AvgIpc) is 2.88. The van der Waals surface area contributed by atoms with Crippen LogP contribution in [-0.4, -0.2) is 73.8 Å². The smallest absolute Gasteiger partial charge is 0.314 e. The predicted octanol–water partition coefficient (Wildman–Crippen LogP) is 3.41. The van der Waals surface area contributed by atoms with Gasteiger partial charge < -0.3 is 33.9 Å². The van der Waals surface area contributed by atoms with Crippen molar-refractivity contribution in [3.63, 3.8) is 0 Å². The van der Waals surface area contributed by atoms with E-state index in [1.165, 1.54) is 7.11 Å². The number of methoxy groups -OCH3 is 3. The molecule has 1 aromatic rings. The number of carbonyl (C=O) groups is 1. The SMILES string of the molecule is CO[C@H]1CCC[C@H](c2ccccc2)OC(=O)[C@@H](C)[C@@]2(O)O[C@H]([C@@H](C)[C@H](O)[C@H]2OC)[C@@H](C)/C=C/[C@H]1OC. The van der Waals surface area contributed by atoms with E-state index in [0.717, 1.165) is 12.0 Å². The predicted molar refractivity (Wildman–Crippen MR) is 134 cm³/mol. The van der Waals surface area contributed by atoms with Crippen molar-refractivity contribution in [2.45, 2.75) is 82.4 Å². The number of fused-ring (bicyclic) bond motifs is 2. The van der Waals surface area contributed by atoms with Crippen LogP contribution in [0.3, 0.4) is 0 Å². The van der Waals surface area contributed by atoms with Gasteiger partial charge in [-0.25, -0.2) is 0 Å². The van der Waals surface area contributed by atoms with Gasteiger partial charge in [0.1, 0.15) is 24.2 Å². The van der Waals surface area contributed by atoms with E-state index in [1.54, 1.807) is 21.1 Å². The molecule has 36 heavy (non-hydrogen) atoms. The molecule has 0 spiro atoms. The summed E-state index contributed by atoms with van der Waals surface area (Å²) in [5.41, 5.74) is 0.861. The molecule has 10 atom stereocenters. The molecule has 0 unspecified atom stereocenters. The Morgan fingerprint density at radius 2 is 1.67 bits per heavy atom. The maximum atomic E-state index is 13.4. The zero-order valence-electron chi connectivity index (χ0n) is 22.2. The van der Waals surface area contributed by atoms with E-state index in [-0.39, 0.29) is 24.0 Å². The molecule has 8 nitrogen and oxygen atoms in total. The topological polar surface area (TPSA) is 104 Å². The molecule has 2 aliphatic rings. The number of aliphatic hydroxyl groups excluding tert-OH is 1. The summed E-state index contributed by atoms with van der Waals surface area (Å²) >= 11 is 0. The van der Waals surface area contributed by atoms with Crippen LogP contribution in [0.4, 0.5) is 0 Å². The molecular formula is C28H42O8. The zero-order valence-corrected chi connectivity index (χ0v) is 22.2. The largest absolute Gasteiger partial charge is 0.457 e. The van der Waals surface area contributed by atoms with E-state index in [9.17, 15) is 15.0 Å². The molecule has 0 aromatic heterocycles. The molecule has 0 radical (unpaired) electrons. The first-order valence-corrected chi connectivity index (χ1v) is 12.8. The summed E-state index contributed by atoms with van der Waals surface area (Å²) in [7, 11) is 4.69. The van der Waals surface area contributed by atoms with Gasteiger partial charge in [-0.2, -0.15) is 0 Å². The molecule has 2 bridgehead atoms. The van der Waals surface area contributed by atoms with Crippen LogP contribution in [0.25, 0.3) is 0 Å². The number of esters is 1. The Kier molecular flexibility index (Phi) is 10.1. The summed E-state index contributed by atoms with van der Waals surface area (Å²) in [5, 5.41) is 22.8. The van der Waals surface area contributed by atoms with Crippen molar-refractivity contribution < 1.29 is 38.7 Å². The lowest BCUT2D eigenvalue weighted by Crippen LogP contribution is -2.66. The number of hydrogen-bond acceptors (Lipinski definition) is 8. The van der Waals surface area contributed by atoms with E-state index < -0.39 is 42.1 Å². The third-order valence-corrected chi connectivity index (χ3v) is 7.78. The fraction of sp³-hybridized carbons (Fsp3) is 0.679. The van der Waals surface area contributed by atoms with Gasteiger partial charge in [0.15, 0.2) is 0 Å². The number of ether oxygens (including phenoxy) is 5. The van der Waals surface area contributed by atoms with Gasteiger partial charge >= 0.3 is 5.97 Å². The van der Waals surface area contributed by atoms with Gasteiger partial charge in [-0.1, -0.05) is 56.3 Å². The molecule has 202 valence electrons. The first kappa shape index (κ1) is 28.8. The molecule has 0 amide bonds. The standard InChI is InChI=1S/C28H42O8/c1-17-15-16-23(33-5)22(32-4)14-10-13-21(20-11-8-7-9-12-20)35-27(30)19(3)28(31)26(34-6)24(29)18(2)25(17)36-28/h7-9,11-12,15-19,21-26,29,31H,10,13-14H2,1-6H3/b16-15+/t17-,18-,19+,21+,22-,23+,24-,25-,26+,28+/m0/s1. The average molecular weight is 507 g/mol. The van der Waals surface area contributed by atoms with Crippen molar-refractivity contribution in [3.05, 3.63) is 48.0 Å². The first-order valence-electron chi connectivity index (χ1n) is 12.8. The van der Waals surface area contributed by atoms with Crippen molar-refractivity contribution in [1.82, 2.24) is 0 Å². The van der Waals surface area contributed by atoms with E-state index in [1.807, 2.05) is 56.3 Å². The van der Waals surface area contributed by atoms with Crippen LogP contribution in [0.2, 0.25) is 0 Å². The second-order valence-electron chi connectivity index (χ2n) is 10.0. The quantitative estimate of drug-likeness (QED) is 0.473. The van der Waals surface area contributed by atoms with Gasteiger partial charge in [0.25, 0.3) is 0 Å². The maximum Gasteiger partial charge on any atom is 0.314 e. The lowest BCUT2D eigenvalue weighted by molar-refractivity contribution is -0.360. The molecule has 2 N–H and O–H groups in total. The molecule has 1 aromatic carbocycles. The minimum Gasteiger partial charge on any atom is -0.457 e. The summed E-state index contributed by atoms with van der Waals surface area (Å²) in [4.78, 5) is 13.4. The Labute approximate surface area is 214 Å². The number of benzene rings is 1. The fourth-order valence-corrected chi connectivity index (χ4v) is 5.39. The van der Waals surface area contributed by atoms with Crippen molar-refractivity contribution in [2.24, 2.45) is 17.8 Å². The van der Waals surface area contributed by atoms with E-state index in [0.29, 0.717) is 12.8 Å². The van der Waals surface area contributed by atoms with Crippen LogP contribution < -0.4 is 0 Å². The van der Waals surface area contributed by atoms with Crippen LogP contribution >= 0.6 is 0 Å². The molecule has 2 heterocycles. The van der Waals surface area contributed by atoms with Gasteiger partial charge in [0.05, 0.1) is 18.3 Å². The van der Waals surface area contributed by atoms with Crippen molar-refractivity contribution in [3.8, 4) is 0 Å². The van der Waals surface area contributed by atoms with Crippen molar-refractivity contribution >= 4 is 5.97 Å². The molecule has 0 saturated carbocycles. The Morgan fingerprint density at radius 3 is 2.28 bits per heavy atom. The van der Waals surface area contributed by atoms with Gasteiger partial charge in [-0.3, -0.25) is 4.79 Å². The second kappa shape index (κ2) is 12.6. The molecule has 8 heteroatoms. The van der Waals surface area contributed by atoms with Crippen LogP contribution in [0.1, 0.15) is 51.7 Å². The Morgan fingerprint density at radius 1 is 0.972 bits per heavy atom. The molecule has 1 saturated heterocycles.